The molecule has 0 bridgehead atoms. The van der Waals surface area contributed by atoms with Gasteiger partial charge in [-0.3, -0.25) is 9.59 Å². The number of nitrogens with zero attached hydrogens (tertiary/aromatic N) is 1. The lowest BCUT2D eigenvalue weighted by Gasteiger charge is -2.37. The first kappa shape index (κ1) is 22.8. The number of carbonyl (C=O) groups excluding carboxylic acids is 2. The van der Waals surface area contributed by atoms with Crippen LogP contribution in [0.5, 0.6) is 0 Å². The molecule has 2 fully saturated rings. The van der Waals surface area contributed by atoms with Crippen molar-refractivity contribution in [2.24, 2.45) is 22.7 Å². The van der Waals surface area contributed by atoms with Crippen LogP contribution in [0.25, 0.3) is 0 Å². The molecule has 28 heavy (non-hydrogen) atoms. The minimum Gasteiger partial charge on any atom is -0.344 e. The molecule has 0 unspecified atom stereocenters. The van der Waals surface area contributed by atoms with E-state index in [1.807, 2.05) is 25.7 Å². The van der Waals surface area contributed by atoms with Crippen molar-refractivity contribution in [3.8, 4) is 0 Å². The number of amides is 2. The summed E-state index contributed by atoms with van der Waals surface area (Å²) in [4.78, 5) is 27.4. The first-order valence-electron chi connectivity index (χ1n) is 9.89. The van der Waals surface area contributed by atoms with Crippen LogP contribution >= 0.6 is 0 Å². The van der Waals surface area contributed by atoms with Crippen molar-refractivity contribution in [3.05, 3.63) is 12.2 Å². The molecule has 0 aromatic carbocycles. The molecule has 160 valence electrons. The molecule has 0 aromatic rings. The SMILES string of the molecule is C=C(CCC(F)(F)F)CC(=O)N[C@H](C(=O)N1C[C@H]2[C@@H]([C@H]1C)C2(C)C)C(C)(C)C. The summed E-state index contributed by atoms with van der Waals surface area (Å²) < 4.78 is 37.0. The largest absolute Gasteiger partial charge is 0.389 e. The van der Waals surface area contributed by atoms with Crippen LogP contribution in [0.1, 0.15) is 60.8 Å². The fourth-order valence-corrected chi connectivity index (χ4v) is 4.62. The van der Waals surface area contributed by atoms with Crippen LogP contribution in [-0.4, -0.2) is 41.5 Å². The molecule has 0 radical (unpaired) electrons. The van der Waals surface area contributed by atoms with Gasteiger partial charge < -0.3 is 10.2 Å². The molecule has 1 saturated carbocycles. The fourth-order valence-electron chi connectivity index (χ4n) is 4.62. The molecule has 7 heteroatoms. The number of fused-ring (bicyclic) bond motifs is 1. The lowest BCUT2D eigenvalue weighted by Crippen LogP contribution is -2.56. The molecule has 2 rings (SSSR count). The Morgan fingerprint density at radius 2 is 1.82 bits per heavy atom. The van der Waals surface area contributed by atoms with Crippen molar-refractivity contribution in [1.82, 2.24) is 10.2 Å². The lowest BCUT2D eigenvalue weighted by atomic mass is 9.85. The maximum atomic E-state index is 13.2. The third kappa shape index (κ3) is 4.90. The summed E-state index contributed by atoms with van der Waals surface area (Å²) >= 11 is 0. The minimum absolute atomic E-state index is 0.114. The first-order chi connectivity index (χ1) is 12.6. The average molecular weight is 403 g/mol. The highest BCUT2D eigenvalue weighted by Crippen LogP contribution is 2.64. The second-order valence-electron chi connectivity index (χ2n) is 10.1. The number of hydrogen-bond donors (Lipinski definition) is 1. The Morgan fingerprint density at radius 1 is 1.25 bits per heavy atom. The molecule has 1 heterocycles. The number of carbonyl (C=O) groups is 2. The number of halogens is 3. The summed E-state index contributed by atoms with van der Waals surface area (Å²) in [5, 5.41) is 2.76. The zero-order valence-electron chi connectivity index (χ0n) is 17.7. The monoisotopic (exact) mass is 402 g/mol. The van der Waals surface area contributed by atoms with Crippen LogP contribution in [0.3, 0.4) is 0 Å². The van der Waals surface area contributed by atoms with Gasteiger partial charge in [-0.05, 0) is 36.0 Å². The van der Waals surface area contributed by atoms with E-state index in [1.165, 1.54) is 0 Å². The standard InChI is InChI=1S/C21H33F3N2O2/c1-12(8-9-21(22,23)24)10-15(27)25-17(19(3,4)5)18(28)26-11-14-16(13(26)2)20(14,6)7/h13-14,16-17H,1,8-11H2,2-7H3,(H,25,27)/t13-,14+,16-,17-/m1/s1. The Balaban J connectivity index is 1.98. The predicted molar refractivity (Wildman–Crippen MR) is 102 cm³/mol. The van der Waals surface area contributed by atoms with Gasteiger partial charge in [0.25, 0.3) is 0 Å². The van der Waals surface area contributed by atoms with E-state index in [2.05, 4.69) is 32.7 Å². The number of hydrogen-bond acceptors (Lipinski definition) is 2. The van der Waals surface area contributed by atoms with Gasteiger partial charge in [-0.2, -0.15) is 13.2 Å². The third-order valence-electron chi connectivity index (χ3n) is 6.42. The van der Waals surface area contributed by atoms with Crippen LogP contribution in [0, 0.1) is 22.7 Å². The van der Waals surface area contributed by atoms with Crippen LogP contribution in [0.4, 0.5) is 13.2 Å². The molecule has 2 amide bonds. The zero-order valence-corrected chi connectivity index (χ0v) is 17.7. The highest BCUT2D eigenvalue weighted by Gasteiger charge is 2.66. The summed E-state index contributed by atoms with van der Waals surface area (Å²) in [7, 11) is 0. The minimum atomic E-state index is -4.27. The lowest BCUT2D eigenvalue weighted by molar-refractivity contribution is -0.141. The van der Waals surface area contributed by atoms with Gasteiger partial charge in [0, 0.05) is 25.4 Å². The van der Waals surface area contributed by atoms with E-state index in [0.717, 1.165) is 0 Å². The third-order valence-corrected chi connectivity index (χ3v) is 6.42. The maximum absolute atomic E-state index is 13.2. The van der Waals surface area contributed by atoms with Gasteiger partial charge in [-0.15, -0.1) is 0 Å². The first-order valence-corrected chi connectivity index (χ1v) is 9.89. The Kier molecular flexibility index (Phi) is 5.99. The van der Waals surface area contributed by atoms with Crippen molar-refractivity contribution in [2.75, 3.05) is 6.54 Å². The highest BCUT2D eigenvalue weighted by molar-refractivity contribution is 5.89. The summed E-state index contributed by atoms with van der Waals surface area (Å²) in [6.45, 7) is 16.4. The molecule has 0 aromatic heterocycles. The molecular weight excluding hydrogens is 369 g/mol. The molecule has 2 aliphatic rings. The van der Waals surface area contributed by atoms with E-state index in [0.29, 0.717) is 18.4 Å². The van der Waals surface area contributed by atoms with Crippen molar-refractivity contribution in [1.29, 1.82) is 0 Å². The van der Waals surface area contributed by atoms with E-state index in [1.54, 1.807) is 0 Å². The van der Waals surface area contributed by atoms with Crippen LogP contribution in [0.2, 0.25) is 0 Å². The fraction of sp³-hybridized carbons (Fsp3) is 0.810. The summed E-state index contributed by atoms with van der Waals surface area (Å²) in [5.74, 6) is 0.398. The van der Waals surface area contributed by atoms with Gasteiger partial charge in [0.05, 0.1) is 0 Å². The molecule has 1 saturated heterocycles. The second-order valence-corrected chi connectivity index (χ2v) is 10.1. The van der Waals surface area contributed by atoms with E-state index in [9.17, 15) is 22.8 Å². The second kappa shape index (κ2) is 7.38. The molecule has 1 aliphatic heterocycles. The Morgan fingerprint density at radius 3 is 2.25 bits per heavy atom. The average Bonchev–Trinajstić information content (AvgIpc) is 2.84. The van der Waals surface area contributed by atoms with Crippen LogP contribution in [-0.2, 0) is 9.59 Å². The van der Waals surface area contributed by atoms with E-state index < -0.39 is 30.0 Å². The van der Waals surface area contributed by atoms with Crippen LogP contribution < -0.4 is 5.32 Å². The van der Waals surface area contributed by atoms with Crippen molar-refractivity contribution >= 4 is 11.8 Å². The number of piperidine rings is 1. The van der Waals surface area contributed by atoms with Gasteiger partial charge in [0.1, 0.15) is 6.04 Å². The Bertz CT molecular complexity index is 649. The molecular formula is C21H33F3N2O2. The van der Waals surface area contributed by atoms with Gasteiger partial charge in [0.15, 0.2) is 0 Å². The van der Waals surface area contributed by atoms with E-state index >= 15 is 0 Å². The van der Waals surface area contributed by atoms with E-state index in [4.69, 9.17) is 0 Å². The normalized spacial score (nSPS) is 27.2. The van der Waals surface area contributed by atoms with Gasteiger partial charge >= 0.3 is 6.18 Å². The smallest absolute Gasteiger partial charge is 0.344 e. The quantitative estimate of drug-likeness (QED) is 0.673. The summed E-state index contributed by atoms with van der Waals surface area (Å²) in [6, 6.07) is -0.602. The topological polar surface area (TPSA) is 49.4 Å². The summed E-state index contributed by atoms with van der Waals surface area (Å²) in [5.41, 5.74) is -0.0397. The van der Waals surface area contributed by atoms with Crippen molar-refractivity contribution in [2.45, 2.75) is 79.1 Å². The zero-order chi connectivity index (χ0) is 21.7. The molecule has 4 nitrogen and oxygen atoms in total. The van der Waals surface area contributed by atoms with Gasteiger partial charge in [-0.1, -0.05) is 46.8 Å². The highest BCUT2D eigenvalue weighted by atomic mass is 19.4. The molecule has 0 spiro atoms. The molecule has 4 atom stereocenters. The number of rotatable bonds is 6. The van der Waals surface area contributed by atoms with Crippen molar-refractivity contribution in [3.63, 3.8) is 0 Å². The van der Waals surface area contributed by atoms with Gasteiger partial charge in [-0.25, -0.2) is 0 Å². The summed E-state index contributed by atoms with van der Waals surface area (Å²) in [6.07, 6.45) is -5.76. The van der Waals surface area contributed by atoms with Crippen molar-refractivity contribution < 1.29 is 22.8 Å². The van der Waals surface area contributed by atoms with Gasteiger partial charge in [0.2, 0.25) is 11.8 Å². The number of nitrogens with one attached hydrogen (secondary N) is 1. The van der Waals surface area contributed by atoms with E-state index in [-0.39, 0.29) is 35.8 Å². The predicted octanol–water partition coefficient (Wildman–Crippen LogP) is 4.31. The number of likely N-dealkylation sites (tertiary alicyclic amines) is 1. The number of alkyl halides is 3. The Labute approximate surface area is 165 Å². The molecule has 1 N–H and O–H groups in total. The van der Waals surface area contributed by atoms with Crippen LogP contribution in [0.15, 0.2) is 12.2 Å². The maximum Gasteiger partial charge on any atom is 0.389 e. The molecule has 1 aliphatic carbocycles. The Hall–Kier alpha value is -1.53.